The van der Waals surface area contributed by atoms with Crippen LogP contribution < -0.4 is 0 Å². The summed E-state index contributed by atoms with van der Waals surface area (Å²) in [6, 6.07) is 8.29. The summed E-state index contributed by atoms with van der Waals surface area (Å²) in [5.41, 5.74) is 2.73. The van der Waals surface area contributed by atoms with Crippen molar-refractivity contribution < 1.29 is 9.75 Å². The van der Waals surface area contributed by atoms with Crippen LogP contribution in [0.5, 0.6) is 0 Å². The topological polar surface area (TPSA) is 55.7 Å². The molecule has 0 bridgehead atoms. The molecule has 4 heteroatoms. The molecule has 2 saturated heterocycles. The van der Waals surface area contributed by atoms with E-state index in [0.29, 0.717) is 13.0 Å². The molecule has 1 aromatic rings. The number of nitrogens with zero attached hydrogens (tertiary/aromatic N) is 2. The maximum atomic E-state index is 13.7. The van der Waals surface area contributed by atoms with Gasteiger partial charge < -0.3 is 15.0 Å². The summed E-state index contributed by atoms with van der Waals surface area (Å²) in [4.78, 5) is 4.83. The number of rotatable bonds is 1. The van der Waals surface area contributed by atoms with E-state index >= 15 is 0 Å². The van der Waals surface area contributed by atoms with Crippen LogP contribution >= 0.6 is 0 Å². The van der Waals surface area contributed by atoms with Crippen molar-refractivity contribution in [2.75, 3.05) is 13.1 Å². The average molecular weight is 312 g/mol. The van der Waals surface area contributed by atoms with Crippen LogP contribution in [0.3, 0.4) is 0 Å². The van der Waals surface area contributed by atoms with Gasteiger partial charge in [-0.1, -0.05) is 25.1 Å². The first-order valence-electron chi connectivity index (χ1n) is 9.00. The molecule has 5 rings (SSSR count). The molecule has 1 saturated carbocycles. The second-order valence-electron chi connectivity index (χ2n) is 8.08. The van der Waals surface area contributed by atoms with Crippen molar-refractivity contribution >= 4 is 11.4 Å². The van der Waals surface area contributed by atoms with E-state index < -0.39 is 6.10 Å². The van der Waals surface area contributed by atoms with E-state index in [0.717, 1.165) is 43.6 Å². The Balaban J connectivity index is 1.81. The molecule has 0 radical (unpaired) electrons. The summed E-state index contributed by atoms with van der Waals surface area (Å²) in [6.45, 7) is 3.61. The molecule has 1 N–H and O–H groups in total. The Kier molecular flexibility index (Phi) is 2.61. The lowest BCUT2D eigenvalue weighted by Gasteiger charge is -2.62. The lowest BCUT2D eigenvalue weighted by Crippen LogP contribution is -2.69. The Morgan fingerprint density at radius 3 is 2.96 bits per heavy atom. The highest BCUT2D eigenvalue weighted by Gasteiger charge is 2.71. The van der Waals surface area contributed by atoms with E-state index in [1.54, 1.807) is 0 Å². The fourth-order valence-electron chi connectivity index (χ4n) is 6.58. The molecule has 1 aliphatic carbocycles. The number of aliphatic hydroxyl groups is 1. The highest BCUT2D eigenvalue weighted by Crippen LogP contribution is 2.64. The zero-order valence-electron chi connectivity index (χ0n) is 13.7. The predicted molar refractivity (Wildman–Crippen MR) is 89.6 cm³/mol. The lowest BCUT2D eigenvalue weighted by molar-refractivity contribution is -0.909. The largest absolute Gasteiger partial charge is 0.633 e. The third kappa shape index (κ3) is 1.46. The van der Waals surface area contributed by atoms with Crippen molar-refractivity contribution in [2.45, 2.75) is 56.6 Å². The number of benzene rings is 1. The van der Waals surface area contributed by atoms with Gasteiger partial charge in [0.2, 0.25) is 0 Å². The Morgan fingerprint density at radius 2 is 2.13 bits per heavy atom. The minimum atomic E-state index is -0.497. The van der Waals surface area contributed by atoms with Crippen molar-refractivity contribution in [1.29, 1.82) is 0 Å². The third-order valence-corrected chi connectivity index (χ3v) is 7.32. The number of para-hydroxylation sites is 1. The van der Waals surface area contributed by atoms with Gasteiger partial charge in [-0.15, -0.1) is 0 Å². The standard InChI is InChI=1S/C19H24N2O2/c1-2-18-8-5-10-21(23)11-9-19(17(18)21)13-6-3-4-7-14(13)20-16(19)15(22)12-18/h3-4,6-7,15,17,22H,2,5,8-12H2,1H3/t15-,17+,18+,19+,21?/m0/s1. The molecule has 4 aliphatic rings. The zero-order valence-corrected chi connectivity index (χ0v) is 13.7. The van der Waals surface area contributed by atoms with Crippen LogP contribution in [0.15, 0.2) is 29.3 Å². The van der Waals surface area contributed by atoms with Crippen LogP contribution in [0.4, 0.5) is 5.69 Å². The molecule has 1 aromatic carbocycles. The molecule has 4 nitrogen and oxygen atoms in total. The van der Waals surface area contributed by atoms with Gasteiger partial charge in [0.05, 0.1) is 36.0 Å². The van der Waals surface area contributed by atoms with Crippen molar-refractivity contribution in [3.05, 3.63) is 35.0 Å². The van der Waals surface area contributed by atoms with Crippen LogP contribution in [0, 0.1) is 10.6 Å². The maximum absolute atomic E-state index is 13.7. The zero-order chi connectivity index (χ0) is 15.9. The van der Waals surface area contributed by atoms with Gasteiger partial charge in [0.1, 0.15) is 6.04 Å². The lowest BCUT2D eigenvalue weighted by atomic mass is 9.52. The fourth-order valence-corrected chi connectivity index (χ4v) is 6.58. The average Bonchev–Trinajstić information content (AvgIpc) is 3.06. The van der Waals surface area contributed by atoms with Gasteiger partial charge in [-0.3, -0.25) is 4.99 Å². The summed E-state index contributed by atoms with van der Waals surface area (Å²) in [5, 5.41) is 24.7. The van der Waals surface area contributed by atoms with Crippen molar-refractivity contribution in [2.24, 2.45) is 10.4 Å². The van der Waals surface area contributed by atoms with E-state index in [1.165, 1.54) is 5.56 Å². The van der Waals surface area contributed by atoms with Gasteiger partial charge in [0.15, 0.2) is 0 Å². The highest BCUT2D eigenvalue weighted by molar-refractivity contribution is 6.06. The van der Waals surface area contributed by atoms with Gasteiger partial charge in [-0.2, -0.15) is 0 Å². The van der Waals surface area contributed by atoms with Crippen LogP contribution in [-0.4, -0.2) is 40.7 Å². The van der Waals surface area contributed by atoms with Crippen molar-refractivity contribution in [1.82, 2.24) is 0 Å². The first-order valence-corrected chi connectivity index (χ1v) is 9.00. The number of aliphatic imine (C=N–C) groups is 1. The molecule has 0 aromatic heterocycles. The number of hydrogen-bond acceptors (Lipinski definition) is 3. The Bertz CT molecular complexity index is 717. The quantitative estimate of drug-likeness (QED) is 0.640. The van der Waals surface area contributed by atoms with Gasteiger partial charge in [0.25, 0.3) is 0 Å². The number of hydroxylamine groups is 3. The normalized spacial score (nSPS) is 46.8. The van der Waals surface area contributed by atoms with Crippen molar-refractivity contribution in [3.63, 3.8) is 0 Å². The van der Waals surface area contributed by atoms with Gasteiger partial charge in [0, 0.05) is 11.8 Å². The highest BCUT2D eigenvalue weighted by atomic mass is 16.6. The van der Waals surface area contributed by atoms with E-state index in [9.17, 15) is 10.3 Å². The monoisotopic (exact) mass is 312 g/mol. The minimum Gasteiger partial charge on any atom is -0.633 e. The van der Waals surface area contributed by atoms with Crippen molar-refractivity contribution in [3.8, 4) is 0 Å². The van der Waals surface area contributed by atoms with Gasteiger partial charge in [-0.25, -0.2) is 0 Å². The van der Waals surface area contributed by atoms with E-state index in [4.69, 9.17) is 4.99 Å². The molecule has 3 fully saturated rings. The molecule has 0 amide bonds. The Labute approximate surface area is 137 Å². The molecular weight excluding hydrogens is 288 g/mol. The summed E-state index contributed by atoms with van der Waals surface area (Å²) < 4.78 is -0.0616. The number of hydrogen-bond donors (Lipinski definition) is 1. The summed E-state index contributed by atoms with van der Waals surface area (Å²) >= 11 is 0. The SMILES string of the molecule is CC[C@@]12CCC[N+]3([O-])CC[C@@]4(C(=Nc5ccccc54)[C@@H](O)C1)[C@@H]23. The molecule has 1 spiro atoms. The number of aliphatic hydroxyl groups excluding tert-OH is 1. The van der Waals surface area contributed by atoms with Gasteiger partial charge >= 0.3 is 0 Å². The molecule has 1 unspecified atom stereocenters. The smallest absolute Gasteiger partial charge is 0.110 e. The van der Waals surface area contributed by atoms with Crippen LogP contribution in [0.1, 0.15) is 44.6 Å². The van der Waals surface area contributed by atoms with Crippen LogP contribution in [-0.2, 0) is 5.41 Å². The number of piperidine rings is 1. The molecule has 3 aliphatic heterocycles. The third-order valence-electron chi connectivity index (χ3n) is 7.32. The van der Waals surface area contributed by atoms with E-state index in [-0.39, 0.29) is 21.5 Å². The summed E-state index contributed by atoms with van der Waals surface area (Å²) in [5.74, 6) is 0. The molecule has 5 atom stereocenters. The molecule has 3 heterocycles. The van der Waals surface area contributed by atoms with Crippen LogP contribution in [0.25, 0.3) is 0 Å². The summed E-state index contributed by atoms with van der Waals surface area (Å²) in [7, 11) is 0. The molecule has 23 heavy (non-hydrogen) atoms. The maximum Gasteiger partial charge on any atom is 0.110 e. The number of fused-ring (bicyclic) bond motifs is 1. The summed E-state index contributed by atoms with van der Waals surface area (Å²) in [6.07, 6.45) is 4.10. The Morgan fingerprint density at radius 1 is 1.30 bits per heavy atom. The first-order chi connectivity index (χ1) is 11.1. The van der Waals surface area contributed by atoms with E-state index in [1.807, 2.05) is 12.1 Å². The number of quaternary nitrogens is 1. The van der Waals surface area contributed by atoms with Crippen LogP contribution in [0.2, 0.25) is 0 Å². The van der Waals surface area contributed by atoms with E-state index in [2.05, 4.69) is 19.1 Å². The predicted octanol–water partition coefficient (Wildman–Crippen LogP) is 3.05. The second kappa shape index (κ2) is 4.24. The fraction of sp³-hybridized carbons (Fsp3) is 0.632. The molecular formula is C19H24N2O2. The Hall–Kier alpha value is -1.23. The minimum absolute atomic E-state index is 0.0353. The van der Waals surface area contributed by atoms with Gasteiger partial charge in [-0.05, 0) is 37.3 Å². The first kappa shape index (κ1) is 14.1. The second-order valence-corrected chi connectivity index (χ2v) is 8.08. The molecule has 122 valence electrons.